The van der Waals surface area contributed by atoms with Crippen molar-refractivity contribution in [3.8, 4) is 0 Å². The Kier molecular flexibility index (Phi) is 5.68. The molecule has 0 fully saturated rings. The topological polar surface area (TPSA) is 78.4 Å². The highest BCUT2D eigenvalue weighted by atomic mass is 79.9. The van der Waals surface area contributed by atoms with Crippen LogP contribution in [0.4, 0.5) is 5.69 Å². The highest BCUT2D eigenvalue weighted by molar-refractivity contribution is 9.11. The molecule has 0 saturated carbocycles. The lowest BCUT2D eigenvalue weighted by Crippen LogP contribution is -2.34. The molecule has 1 aromatic carbocycles. The highest BCUT2D eigenvalue weighted by Gasteiger charge is 2.17. The summed E-state index contributed by atoms with van der Waals surface area (Å²) in [5.41, 5.74) is 0.293. The van der Waals surface area contributed by atoms with Gasteiger partial charge in [-0.25, -0.2) is 4.79 Å². The molecule has 0 unspecified atom stereocenters. The summed E-state index contributed by atoms with van der Waals surface area (Å²) < 4.78 is 1.11. The SMILES string of the molecule is O=C(NC(=S)Nc1c(Br)cc(Br)cc1C(=O)O)c1cccs1. The van der Waals surface area contributed by atoms with E-state index < -0.39 is 5.97 Å². The molecule has 9 heteroatoms. The molecule has 1 heterocycles. The van der Waals surface area contributed by atoms with E-state index in [-0.39, 0.29) is 22.3 Å². The molecule has 0 aliphatic rings. The van der Waals surface area contributed by atoms with E-state index in [2.05, 4.69) is 42.5 Å². The monoisotopic (exact) mass is 462 g/mol. The number of carboxylic acids is 1. The van der Waals surface area contributed by atoms with Crippen molar-refractivity contribution in [2.75, 3.05) is 5.32 Å². The van der Waals surface area contributed by atoms with Gasteiger partial charge in [0, 0.05) is 8.95 Å². The minimum absolute atomic E-state index is 0.0175. The molecule has 0 atom stereocenters. The van der Waals surface area contributed by atoms with Gasteiger partial charge in [-0.15, -0.1) is 11.3 Å². The molecular formula is C13H8Br2N2O3S2. The molecule has 1 aromatic heterocycles. The number of carbonyl (C=O) groups is 2. The largest absolute Gasteiger partial charge is 0.478 e. The first-order valence-corrected chi connectivity index (χ1v) is 8.64. The van der Waals surface area contributed by atoms with Gasteiger partial charge in [-0.2, -0.15) is 0 Å². The average molecular weight is 464 g/mol. The maximum Gasteiger partial charge on any atom is 0.337 e. The maximum absolute atomic E-state index is 11.9. The standard InChI is InChI=1S/C13H8Br2N2O3S2/c14-6-4-7(12(19)20)10(8(15)5-6)16-13(21)17-11(18)9-2-1-3-22-9/h1-5H,(H,19,20)(H2,16,17,18,21). The third kappa shape index (κ3) is 4.13. The Morgan fingerprint density at radius 3 is 2.59 bits per heavy atom. The number of benzene rings is 1. The first-order chi connectivity index (χ1) is 10.4. The normalized spacial score (nSPS) is 10.1. The van der Waals surface area contributed by atoms with E-state index >= 15 is 0 Å². The zero-order valence-electron chi connectivity index (χ0n) is 10.7. The average Bonchev–Trinajstić information content (AvgIpc) is 2.95. The summed E-state index contributed by atoms with van der Waals surface area (Å²) in [6.07, 6.45) is 0. The van der Waals surface area contributed by atoms with Crippen LogP contribution in [-0.2, 0) is 0 Å². The lowest BCUT2D eigenvalue weighted by atomic mass is 10.2. The Balaban J connectivity index is 2.18. The zero-order valence-corrected chi connectivity index (χ0v) is 15.5. The van der Waals surface area contributed by atoms with Crippen LogP contribution in [-0.4, -0.2) is 22.1 Å². The Hall–Kier alpha value is -1.29. The number of thiocarbonyl (C=S) groups is 1. The molecular weight excluding hydrogens is 456 g/mol. The predicted octanol–water partition coefficient (Wildman–Crippen LogP) is 4.10. The number of anilines is 1. The summed E-state index contributed by atoms with van der Waals surface area (Å²) >= 11 is 12.8. The number of rotatable bonds is 3. The number of hydrogen-bond donors (Lipinski definition) is 3. The van der Waals surface area contributed by atoms with Crippen LogP contribution in [0.15, 0.2) is 38.6 Å². The Labute approximate surface area is 152 Å². The number of amides is 1. The number of carbonyl (C=O) groups excluding carboxylic acids is 1. The second-order valence-electron chi connectivity index (χ2n) is 4.00. The number of thiophene rings is 1. The molecule has 1 amide bonds. The smallest absolute Gasteiger partial charge is 0.337 e. The zero-order chi connectivity index (χ0) is 16.3. The second-order valence-corrected chi connectivity index (χ2v) is 7.13. The summed E-state index contributed by atoms with van der Waals surface area (Å²) in [6, 6.07) is 6.54. The van der Waals surface area contributed by atoms with E-state index in [9.17, 15) is 14.7 Å². The summed E-state index contributed by atoms with van der Waals surface area (Å²) in [4.78, 5) is 23.7. The minimum atomic E-state index is -1.11. The minimum Gasteiger partial charge on any atom is -0.478 e. The summed E-state index contributed by atoms with van der Waals surface area (Å²) in [5, 5.41) is 16.3. The number of aromatic carboxylic acids is 1. The van der Waals surface area contributed by atoms with Crippen molar-refractivity contribution in [3.63, 3.8) is 0 Å². The van der Waals surface area contributed by atoms with Crippen LogP contribution in [0.25, 0.3) is 0 Å². The predicted molar refractivity (Wildman–Crippen MR) is 96.8 cm³/mol. The highest BCUT2D eigenvalue weighted by Crippen LogP contribution is 2.30. The molecule has 114 valence electrons. The van der Waals surface area contributed by atoms with Crippen LogP contribution in [0.5, 0.6) is 0 Å². The quantitative estimate of drug-likeness (QED) is 0.597. The van der Waals surface area contributed by atoms with Gasteiger partial charge in [0.1, 0.15) is 0 Å². The van der Waals surface area contributed by atoms with Gasteiger partial charge >= 0.3 is 5.97 Å². The van der Waals surface area contributed by atoms with Gasteiger partial charge in [0.15, 0.2) is 5.11 Å². The van der Waals surface area contributed by atoms with Gasteiger partial charge in [-0.05, 0) is 51.7 Å². The van der Waals surface area contributed by atoms with Crippen LogP contribution < -0.4 is 10.6 Å². The van der Waals surface area contributed by atoms with Crippen molar-refractivity contribution < 1.29 is 14.7 Å². The van der Waals surface area contributed by atoms with Crippen molar-refractivity contribution in [2.24, 2.45) is 0 Å². The van der Waals surface area contributed by atoms with Crippen molar-refractivity contribution >= 4 is 78.1 Å². The molecule has 2 rings (SSSR count). The molecule has 0 saturated heterocycles. The van der Waals surface area contributed by atoms with Crippen molar-refractivity contribution in [2.45, 2.75) is 0 Å². The Bertz CT molecular complexity index is 748. The van der Waals surface area contributed by atoms with Crippen LogP contribution in [0, 0.1) is 0 Å². The molecule has 22 heavy (non-hydrogen) atoms. The first kappa shape index (κ1) is 17.1. The molecule has 2 aromatic rings. The van der Waals surface area contributed by atoms with E-state index in [0.717, 1.165) is 0 Å². The van der Waals surface area contributed by atoms with Crippen molar-refractivity contribution in [1.82, 2.24) is 5.32 Å². The fourth-order valence-corrected chi connectivity index (χ4v) is 3.72. The Morgan fingerprint density at radius 2 is 2.00 bits per heavy atom. The third-order valence-electron chi connectivity index (χ3n) is 2.50. The molecule has 0 radical (unpaired) electrons. The van der Waals surface area contributed by atoms with Crippen LogP contribution in [0.2, 0.25) is 0 Å². The van der Waals surface area contributed by atoms with Crippen LogP contribution in [0.3, 0.4) is 0 Å². The van der Waals surface area contributed by atoms with Gasteiger partial charge in [-0.3, -0.25) is 10.1 Å². The summed E-state index contributed by atoms with van der Waals surface area (Å²) in [5.74, 6) is -1.46. The Morgan fingerprint density at radius 1 is 1.27 bits per heavy atom. The molecule has 3 N–H and O–H groups in total. The van der Waals surface area contributed by atoms with Crippen molar-refractivity contribution in [1.29, 1.82) is 0 Å². The van der Waals surface area contributed by atoms with E-state index in [0.29, 0.717) is 13.8 Å². The van der Waals surface area contributed by atoms with Crippen molar-refractivity contribution in [3.05, 3.63) is 49.0 Å². The first-order valence-electron chi connectivity index (χ1n) is 5.76. The van der Waals surface area contributed by atoms with Gasteiger partial charge in [0.05, 0.1) is 16.1 Å². The lowest BCUT2D eigenvalue weighted by Gasteiger charge is -2.13. The van der Waals surface area contributed by atoms with E-state index in [4.69, 9.17) is 12.2 Å². The summed E-state index contributed by atoms with van der Waals surface area (Å²) in [6.45, 7) is 0. The lowest BCUT2D eigenvalue weighted by molar-refractivity contribution is 0.0697. The van der Waals surface area contributed by atoms with Crippen LogP contribution >= 0.6 is 55.4 Å². The molecule has 0 bridgehead atoms. The van der Waals surface area contributed by atoms with E-state index in [1.807, 2.05) is 0 Å². The molecule has 0 aliphatic heterocycles. The number of nitrogens with one attached hydrogen (secondary N) is 2. The van der Waals surface area contributed by atoms with Gasteiger partial charge in [0.25, 0.3) is 5.91 Å². The molecule has 5 nitrogen and oxygen atoms in total. The fraction of sp³-hybridized carbons (Fsp3) is 0. The van der Waals surface area contributed by atoms with Gasteiger partial charge in [-0.1, -0.05) is 22.0 Å². The number of carboxylic acid groups (broad SMARTS) is 1. The van der Waals surface area contributed by atoms with Crippen LogP contribution in [0.1, 0.15) is 20.0 Å². The van der Waals surface area contributed by atoms with E-state index in [1.165, 1.54) is 17.4 Å². The maximum atomic E-state index is 11.9. The third-order valence-corrected chi connectivity index (χ3v) is 4.65. The summed E-state index contributed by atoms with van der Waals surface area (Å²) in [7, 11) is 0. The molecule has 0 spiro atoms. The fourth-order valence-electron chi connectivity index (χ4n) is 1.59. The second kappa shape index (κ2) is 7.32. The van der Waals surface area contributed by atoms with Gasteiger partial charge in [0.2, 0.25) is 0 Å². The number of halogens is 2. The number of hydrogen-bond acceptors (Lipinski definition) is 4. The van der Waals surface area contributed by atoms with Gasteiger partial charge < -0.3 is 10.4 Å². The molecule has 0 aliphatic carbocycles. The van der Waals surface area contributed by atoms with E-state index in [1.54, 1.807) is 23.6 Å².